The molecule has 0 bridgehead atoms. The van der Waals surface area contributed by atoms with Gasteiger partial charge in [0, 0.05) is 6.42 Å². The molecule has 0 saturated heterocycles. The average Bonchev–Trinajstić information content (AvgIpc) is 2.83. The van der Waals surface area contributed by atoms with Gasteiger partial charge >= 0.3 is 0 Å². The Labute approximate surface area is 109 Å². The van der Waals surface area contributed by atoms with Crippen LogP contribution in [0.5, 0.6) is 11.5 Å². The SMILES string of the molecule is NC(=O)CONC(=O)CCc1ccc2c(c1)OCO2. The molecule has 7 nitrogen and oxygen atoms in total. The third kappa shape index (κ3) is 3.85. The lowest BCUT2D eigenvalue weighted by atomic mass is 10.1. The Morgan fingerprint density at radius 1 is 1.32 bits per heavy atom. The van der Waals surface area contributed by atoms with Crippen molar-refractivity contribution in [3.05, 3.63) is 23.8 Å². The van der Waals surface area contributed by atoms with E-state index in [2.05, 4.69) is 10.3 Å². The molecule has 2 rings (SSSR count). The number of hydroxylamine groups is 1. The van der Waals surface area contributed by atoms with Crippen LogP contribution >= 0.6 is 0 Å². The van der Waals surface area contributed by atoms with Crippen LogP contribution < -0.4 is 20.7 Å². The molecule has 3 N–H and O–H groups in total. The van der Waals surface area contributed by atoms with Crippen molar-refractivity contribution in [2.24, 2.45) is 5.73 Å². The van der Waals surface area contributed by atoms with Crippen molar-refractivity contribution in [3.8, 4) is 11.5 Å². The molecule has 2 amide bonds. The topological polar surface area (TPSA) is 99.9 Å². The molecule has 0 fully saturated rings. The summed E-state index contributed by atoms with van der Waals surface area (Å²) in [5, 5.41) is 0. The Morgan fingerprint density at radius 3 is 2.89 bits per heavy atom. The molecule has 0 aliphatic carbocycles. The highest BCUT2D eigenvalue weighted by atomic mass is 16.7. The van der Waals surface area contributed by atoms with Gasteiger partial charge in [-0.15, -0.1) is 0 Å². The Balaban J connectivity index is 1.76. The van der Waals surface area contributed by atoms with Crippen LogP contribution in [0.2, 0.25) is 0 Å². The fourth-order valence-electron chi connectivity index (χ4n) is 1.59. The van der Waals surface area contributed by atoms with Crippen molar-refractivity contribution in [1.82, 2.24) is 5.48 Å². The molecule has 1 aliphatic heterocycles. The van der Waals surface area contributed by atoms with Crippen molar-refractivity contribution in [3.63, 3.8) is 0 Å². The maximum atomic E-state index is 11.4. The molecule has 0 unspecified atom stereocenters. The molecule has 1 aromatic rings. The largest absolute Gasteiger partial charge is 0.454 e. The average molecular weight is 266 g/mol. The summed E-state index contributed by atoms with van der Waals surface area (Å²) >= 11 is 0. The molecular weight excluding hydrogens is 252 g/mol. The number of nitrogens with two attached hydrogens (primary N) is 1. The van der Waals surface area contributed by atoms with E-state index >= 15 is 0 Å². The third-order valence-electron chi connectivity index (χ3n) is 2.48. The van der Waals surface area contributed by atoms with E-state index in [4.69, 9.17) is 15.2 Å². The summed E-state index contributed by atoms with van der Waals surface area (Å²) in [7, 11) is 0. The van der Waals surface area contributed by atoms with Gasteiger partial charge in [0.15, 0.2) is 18.1 Å². The molecule has 7 heteroatoms. The first kappa shape index (κ1) is 13.2. The van der Waals surface area contributed by atoms with Crippen molar-refractivity contribution in [1.29, 1.82) is 0 Å². The van der Waals surface area contributed by atoms with Crippen LogP contribution in [0.15, 0.2) is 18.2 Å². The molecular formula is C12H14N2O5. The number of hydrogen-bond acceptors (Lipinski definition) is 5. The van der Waals surface area contributed by atoms with E-state index in [-0.39, 0.29) is 25.7 Å². The number of ether oxygens (including phenoxy) is 2. The van der Waals surface area contributed by atoms with Gasteiger partial charge in [-0.05, 0) is 24.1 Å². The number of primary amides is 1. The Kier molecular flexibility index (Phi) is 4.19. The van der Waals surface area contributed by atoms with Gasteiger partial charge in [-0.1, -0.05) is 6.07 Å². The Hall–Kier alpha value is -2.28. The fourth-order valence-corrected chi connectivity index (χ4v) is 1.59. The van der Waals surface area contributed by atoms with Crippen molar-refractivity contribution in [2.75, 3.05) is 13.4 Å². The summed E-state index contributed by atoms with van der Waals surface area (Å²) in [6, 6.07) is 5.50. The third-order valence-corrected chi connectivity index (χ3v) is 2.48. The zero-order chi connectivity index (χ0) is 13.7. The van der Waals surface area contributed by atoms with Gasteiger partial charge in [0.25, 0.3) is 0 Å². The molecule has 1 aromatic carbocycles. The predicted octanol–water partition coefficient (Wildman–Crippen LogP) is -0.119. The normalized spacial score (nSPS) is 12.2. The second-order valence-electron chi connectivity index (χ2n) is 3.97. The number of fused-ring (bicyclic) bond motifs is 1. The number of benzene rings is 1. The van der Waals surface area contributed by atoms with E-state index in [0.29, 0.717) is 17.9 Å². The predicted molar refractivity (Wildman–Crippen MR) is 64.2 cm³/mol. The van der Waals surface area contributed by atoms with Crippen LogP contribution in [-0.4, -0.2) is 25.2 Å². The molecule has 0 spiro atoms. The summed E-state index contributed by atoms with van der Waals surface area (Å²) in [6.07, 6.45) is 0.765. The fraction of sp³-hybridized carbons (Fsp3) is 0.333. The van der Waals surface area contributed by atoms with E-state index < -0.39 is 5.91 Å². The lowest BCUT2D eigenvalue weighted by Gasteiger charge is -2.05. The standard InChI is InChI=1S/C12H14N2O5/c13-11(15)6-19-14-12(16)4-2-8-1-3-9-10(5-8)18-7-17-9/h1,3,5H,2,4,6-7H2,(H2,13,15)(H,14,16). The monoisotopic (exact) mass is 266 g/mol. The second-order valence-corrected chi connectivity index (χ2v) is 3.97. The van der Waals surface area contributed by atoms with Crippen LogP contribution in [-0.2, 0) is 20.8 Å². The zero-order valence-corrected chi connectivity index (χ0v) is 10.2. The van der Waals surface area contributed by atoms with Crippen LogP contribution in [0.3, 0.4) is 0 Å². The minimum absolute atomic E-state index is 0.222. The Bertz CT molecular complexity index is 489. The summed E-state index contributed by atoms with van der Waals surface area (Å²) in [5.41, 5.74) is 7.95. The van der Waals surface area contributed by atoms with E-state index in [9.17, 15) is 9.59 Å². The maximum absolute atomic E-state index is 11.4. The van der Waals surface area contributed by atoms with Gasteiger partial charge in [-0.2, -0.15) is 0 Å². The maximum Gasteiger partial charge on any atom is 0.246 e. The summed E-state index contributed by atoms with van der Waals surface area (Å²) in [4.78, 5) is 26.4. The second kappa shape index (κ2) is 6.05. The van der Waals surface area contributed by atoms with E-state index in [0.717, 1.165) is 5.56 Å². The van der Waals surface area contributed by atoms with Crippen LogP contribution in [0.1, 0.15) is 12.0 Å². The molecule has 1 heterocycles. The van der Waals surface area contributed by atoms with Gasteiger partial charge in [-0.25, -0.2) is 5.48 Å². The number of hydrogen-bond donors (Lipinski definition) is 2. The van der Waals surface area contributed by atoms with Gasteiger partial charge in [-0.3, -0.25) is 14.4 Å². The lowest BCUT2D eigenvalue weighted by molar-refractivity contribution is -0.137. The molecule has 0 saturated carbocycles. The highest BCUT2D eigenvalue weighted by Crippen LogP contribution is 2.32. The number of rotatable bonds is 6. The number of aryl methyl sites for hydroxylation is 1. The first-order valence-corrected chi connectivity index (χ1v) is 5.72. The first-order chi connectivity index (χ1) is 9.15. The summed E-state index contributed by atoms with van der Waals surface area (Å²) < 4.78 is 10.4. The van der Waals surface area contributed by atoms with E-state index in [1.54, 1.807) is 6.07 Å². The molecule has 0 aromatic heterocycles. The van der Waals surface area contributed by atoms with Crippen LogP contribution in [0.25, 0.3) is 0 Å². The number of nitrogens with one attached hydrogen (secondary N) is 1. The van der Waals surface area contributed by atoms with Gasteiger partial charge in [0.05, 0.1) is 0 Å². The smallest absolute Gasteiger partial charge is 0.246 e. The van der Waals surface area contributed by atoms with Crippen molar-refractivity contribution >= 4 is 11.8 Å². The van der Waals surface area contributed by atoms with Crippen LogP contribution in [0.4, 0.5) is 0 Å². The molecule has 102 valence electrons. The molecule has 19 heavy (non-hydrogen) atoms. The first-order valence-electron chi connectivity index (χ1n) is 5.72. The molecule has 1 aliphatic rings. The highest BCUT2D eigenvalue weighted by Gasteiger charge is 2.13. The quantitative estimate of drug-likeness (QED) is 0.699. The minimum atomic E-state index is -0.643. The van der Waals surface area contributed by atoms with Gasteiger partial charge in [0.1, 0.15) is 0 Å². The highest BCUT2D eigenvalue weighted by molar-refractivity contribution is 5.77. The van der Waals surface area contributed by atoms with E-state index in [1.807, 2.05) is 12.1 Å². The summed E-state index contributed by atoms with van der Waals surface area (Å²) in [5.74, 6) is 0.427. The minimum Gasteiger partial charge on any atom is -0.454 e. The number of carbonyl (C=O) groups is 2. The summed E-state index contributed by atoms with van der Waals surface area (Å²) in [6.45, 7) is -0.115. The van der Waals surface area contributed by atoms with Crippen LogP contribution in [0, 0.1) is 0 Å². The number of carbonyl (C=O) groups excluding carboxylic acids is 2. The van der Waals surface area contributed by atoms with Crippen molar-refractivity contribution < 1.29 is 23.9 Å². The lowest BCUT2D eigenvalue weighted by Crippen LogP contribution is -2.29. The molecule has 0 atom stereocenters. The number of amides is 2. The van der Waals surface area contributed by atoms with Gasteiger partial charge < -0.3 is 15.2 Å². The van der Waals surface area contributed by atoms with Gasteiger partial charge in [0.2, 0.25) is 18.6 Å². The zero-order valence-electron chi connectivity index (χ0n) is 10.2. The van der Waals surface area contributed by atoms with E-state index in [1.165, 1.54) is 0 Å². The van der Waals surface area contributed by atoms with Crippen molar-refractivity contribution in [2.45, 2.75) is 12.8 Å². The Morgan fingerprint density at radius 2 is 2.11 bits per heavy atom. The molecule has 0 radical (unpaired) electrons.